The maximum absolute atomic E-state index is 14.5. The molecule has 0 radical (unpaired) electrons. The molecular weight excluding hydrogens is 356 g/mol. The lowest BCUT2D eigenvalue weighted by atomic mass is 10.0. The first kappa shape index (κ1) is 17.8. The molecule has 0 saturated carbocycles. The van der Waals surface area contributed by atoms with Gasteiger partial charge in [0.1, 0.15) is 23.4 Å². The number of rotatable bonds is 5. The standard InChI is InChI=1S/C16H12F4N4O2/c1-25-15(10-2-4-11(5-3-10)26-16(18,19)20)14-12(17)8-21-9-13(14)24-22-6-7-23-24/h2-9,15H,1H3. The van der Waals surface area contributed by atoms with Gasteiger partial charge in [0.25, 0.3) is 0 Å². The summed E-state index contributed by atoms with van der Waals surface area (Å²) >= 11 is 0. The number of aromatic nitrogens is 4. The van der Waals surface area contributed by atoms with E-state index in [4.69, 9.17) is 4.74 Å². The number of methoxy groups -OCH3 is 1. The van der Waals surface area contributed by atoms with Crippen LogP contribution >= 0.6 is 0 Å². The molecule has 0 aliphatic rings. The summed E-state index contributed by atoms with van der Waals surface area (Å²) in [5.74, 6) is -1.05. The van der Waals surface area contributed by atoms with Gasteiger partial charge >= 0.3 is 6.36 Å². The Hall–Kier alpha value is -3.01. The van der Waals surface area contributed by atoms with Gasteiger partial charge in [0.2, 0.25) is 0 Å². The fourth-order valence-electron chi connectivity index (χ4n) is 2.46. The van der Waals surface area contributed by atoms with Gasteiger partial charge in [0.15, 0.2) is 0 Å². The predicted molar refractivity (Wildman–Crippen MR) is 81.1 cm³/mol. The van der Waals surface area contributed by atoms with Crippen molar-refractivity contribution in [3.05, 3.63) is 66.0 Å². The number of nitrogens with zero attached hydrogens (tertiary/aromatic N) is 4. The predicted octanol–water partition coefficient (Wildman–Crippen LogP) is 3.44. The fourth-order valence-corrected chi connectivity index (χ4v) is 2.46. The van der Waals surface area contributed by atoms with Gasteiger partial charge < -0.3 is 9.47 Å². The van der Waals surface area contributed by atoms with Gasteiger partial charge in [-0.15, -0.1) is 18.0 Å². The molecule has 3 aromatic rings. The van der Waals surface area contributed by atoms with E-state index in [-0.39, 0.29) is 17.0 Å². The number of ether oxygens (including phenoxy) is 2. The van der Waals surface area contributed by atoms with Crippen molar-refractivity contribution in [1.82, 2.24) is 20.0 Å². The molecule has 2 heterocycles. The summed E-state index contributed by atoms with van der Waals surface area (Å²) in [6.07, 6.45) is -0.502. The van der Waals surface area contributed by atoms with Gasteiger partial charge in [0.05, 0.1) is 30.4 Å². The molecule has 136 valence electrons. The van der Waals surface area contributed by atoms with Gasteiger partial charge in [-0.25, -0.2) is 4.39 Å². The highest BCUT2D eigenvalue weighted by atomic mass is 19.4. The average Bonchev–Trinajstić information content (AvgIpc) is 3.11. The van der Waals surface area contributed by atoms with Crippen molar-refractivity contribution in [1.29, 1.82) is 0 Å². The van der Waals surface area contributed by atoms with E-state index in [9.17, 15) is 17.6 Å². The molecule has 1 aromatic carbocycles. The lowest BCUT2D eigenvalue weighted by Crippen LogP contribution is -2.17. The van der Waals surface area contributed by atoms with Crippen LogP contribution in [0.2, 0.25) is 0 Å². The summed E-state index contributed by atoms with van der Waals surface area (Å²) in [4.78, 5) is 4.97. The summed E-state index contributed by atoms with van der Waals surface area (Å²) in [7, 11) is 1.35. The lowest BCUT2D eigenvalue weighted by Gasteiger charge is -2.20. The third-order valence-corrected chi connectivity index (χ3v) is 3.47. The van der Waals surface area contributed by atoms with Crippen LogP contribution in [0.4, 0.5) is 17.6 Å². The second kappa shape index (κ2) is 7.08. The maximum Gasteiger partial charge on any atom is 0.573 e. The van der Waals surface area contributed by atoms with Crippen LogP contribution in [0, 0.1) is 5.82 Å². The third kappa shape index (κ3) is 3.80. The highest BCUT2D eigenvalue weighted by Gasteiger charge is 2.31. The molecule has 2 aromatic heterocycles. The topological polar surface area (TPSA) is 62.1 Å². The maximum atomic E-state index is 14.5. The number of halogens is 4. The van der Waals surface area contributed by atoms with Crippen LogP contribution in [0.15, 0.2) is 49.1 Å². The Morgan fingerprint density at radius 2 is 1.69 bits per heavy atom. The molecule has 1 atom stereocenters. The lowest BCUT2D eigenvalue weighted by molar-refractivity contribution is -0.274. The first-order chi connectivity index (χ1) is 12.4. The van der Waals surface area contributed by atoms with Gasteiger partial charge in [-0.05, 0) is 17.7 Å². The molecule has 0 aliphatic heterocycles. The quantitative estimate of drug-likeness (QED) is 0.646. The van der Waals surface area contributed by atoms with Crippen LogP contribution < -0.4 is 4.74 Å². The fraction of sp³-hybridized carbons (Fsp3) is 0.188. The van der Waals surface area contributed by atoms with Gasteiger partial charge in [-0.1, -0.05) is 12.1 Å². The van der Waals surface area contributed by atoms with Gasteiger partial charge in [0, 0.05) is 7.11 Å². The molecule has 1 unspecified atom stereocenters. The largest absolute Gasteiger partial charge is 0.573 e. The Labute approximate surface area is 145 Å². The van der Waals surface area contributed by atoms with E-state index in [1.54, 1.807) is 0 Å². The summed E-state index contributed by atoms with van der Waals surface area (Å²) in [5, 5.41) is 7.90. The monoisotopic (exact) mass is 368 g/mol. The molecular formula is C16H12F4N4O2. The number of pyridine rings is 1. The Balaban J connectivity index is 2.00. The molecule has 0 aliphatic carbocycles. The molecule has 6 nitrogen and oxygen atoms in total. The Kier molecular flexibility index (Phi) is 4.85. The first-order valence-corrected chi connectivity index (χ1v) is 7.27. The zero-order chi connectivity index (χ0) is 18.7. The summed E-state index contributed by atoms with van der Waals surface area (Å²) in [6.45, 7) is 0. The van der Waals surface area contributed by atoms with E-state index in [1.807, 2.05) is 0 Å². The van der Waals surface area contributed by atoms with E-state index < -0.39 is 18.3 Å². The smallest absolute Gasteiger partial charge is 0.406 e. The molecule has 0 spiro atoms. The van der Waals surface area contributed by atoms with Crippen LogP contribution in [0.3, 0.4) is 0 Å². The van der Waals surface area contributed by atoms with Crippen LogP contribution in [0.5, 0.6) is 5.75 Å². The van der Waals surface area contributed by atoms with E-state index in [2.05, 4.69) is 19.9 Å². The van der Waals surface area contributed by atoms with Crippen molar-refractivity contribution in [3.8, 4) is 11.4 Å². The Morgan fingerprint density at radius 3 is 2.27 bits per heavy atom. The third-order valence-electron chi connectivity index (χ3n) is 3.47. The van der Waals surface area contributed by atoms with Crippen LogP contribution in [-0.2, 0) is 4.74 Å². The number of benzene rings is 1. The van der Waals surface area contributed by atoms with Crippen molar-refractivity contribution in [3.63, 3.8) is 0 Å². The minimum atomic E-state index is -4.79. The minimum absolute atomic E-state index is 0.100. The molecule has 3 rings (SSSR count). The van der Waals surface area contributed by atoms with Crippen LogP contribution in [0.25, 0.3) is 5.69 Å². The average molecular weight is 368 g/mol. The van der Waals surface area contributed by atoms with Crippen molar-refractivity contribution >= 4 is 0 Å². The van der Waals surface area contributed by atoms with Crippen molar-refractivity contribution < 1.29 is 27.0 Å². The second-order valence-corrected chi connectivity index (χ2v) is 5.11. The summed E-state index contributed by atoms with van der Waals surface area (Å²) in [5.41, 5.74) is 0.765. The first-order valence-electron chi connectivity index (χ1n) is 7.27. The zero-order valence-electron chi connectivity index (χ0n) is 13.3. The normalized spacial score (nSPS) is 12.8. The molecule has 0 fully saturated rings. The second-order valence-electron chi connectivity index (χ2n) is 5.11. The van der Waals surface area contributed by atoms with Crippen LogP contribution in [0.1, 0.15) is 17.2 Å². The number of alkyl halides is 3. The van der Waals surface area contributed by atoms with E-state index in [0.29, 0.717) is 5.56 Å². The molecule has 0 N–H and O–H groups in total. The number of hydrogen-bond acceptors (Lipinski definition) is 5. The highest BCUT2D eigenvalue weighted by Crippen LogP contribution is 2.33. The van der Waals surface area contributed by atoms with Gasteiger partial charge in [-0.2, -0.15) is 10.2 Å². The molecule has 26 heavy (non-hydrogen) atoms. The Bertz CT molecular complexity index is 867. The molecule has 0 saturated heterocycles. The SMILES string of the molecule is COC(c1ccc(OC(F)(F)F)cc1)c1c(F)cncc1-n1nccn1. The van der Waals surface area contributed by atoms with Crippen molar-refractivity contribution in [2.75, 3.05) is 7.11 Å². The molecule has 10 heteroatoms. The van der Waals surface area contributed by atoms with E-state index in [1.165, 1.54) is 42.6 Å². The minimum Gasteiger partial charge on any atom is -0.406 e. The van der Waals surface area contributed by atoms with Gasteiger partial charge in [-0.3, -0.25) is 4.98 Å². The van der Waals surface area contributed by atoms with Crippen LogP contribution in [-0.4, -0.2) is 33.5 Å². The van der Waals surface area contributed by atoms with Crippen molar-refractivity contribution in [2.24, 2.45) is 0 Å². The zero-order valence-corrected chi connectivity index (χ0v) is 13.3. The summed E-state index contributed by atoms with van der Waals surface area (Å²) in [6, 6.07) is 4.96. The highest BCUT2D eigenvalue weighted by molar-refractivity contribution is 5.44. The molecule has 0 amide bonds. The van der Waals surface area contributed by atoms with E-state index in [0.717, 1.165) is 18.3 Å². The van der Waals surface area contributed by atoms with Crippen molar-refractivity contribution in [2.45, 2.75) is 12.5 Å². The number of hydrogen-bond donors (Lipinski definition) is 0. The molecule has 0 bridgehead atoms. The van der Waals surface area contributed by atoms with E-state index >= 15 is 0 Å². The Morgan fingerprint density at radius 1 is 1.04 bits per heavy atom. The summed E-state index contributed by atoms with van der Waals surface area (Å²) < 4.78 is 60.5.